The van der Waals surface area contributed by atoms with Crippen LogP contribution < -0.4 is 19.5 Å². The number of para-hydroxylation sites is 1. The summed E-state index contributed by atoms with van der Waals surface area (Å²) in [6.45, 7) is 0. The minimum absolute atomic E-state index is 0.329. The molecule has 136 valence electrons. The second-order valence-corrected chi connectivity index (χ2v) is 7.00. The highest BCUT2D eigenvalue weighted by Gasteiger charge is 2.44. The van der Waals surface area contributed by atoms with Crippen LogP contribution in [0.15, 0.2) is 52.3 Å². The van der Waals surface area contributed by atoms with Gasteiger partial charge >= 0.3 is 0 Å². The van der Waals surface area contributed by atoms with Crippen LogP contribution in [0.4, 0.5) is 0 Å². The summed E-state index contributed by atoms with van der Waals surface area (Å²) in [6.07, 6.45) is 0. The first-order valence-corrected chi connectivity index (χ1v) is 9.01. The largest absolute Gasteiger partial charge is 0.493 e. The first-order chi connectivity index (χ1) is 13.1. The molecule has 2 unspecified atom stereocenters. The number of nitrogens with zero attached hydrogens (tertiary/aromatic N) is 1. The molecule has 1 amide bonds. The Morgan fingerprint density at radius 2 is 2.00 bits per heavy atom. The minimum Gasteiger partial charge on any atom is -0.493 e. The lowest BCUT2D eigenvalue weighted by Crippen LogP contribution is -2.22. The van der Waals surface area contributed by atoms with Crippen LogP contribution in [-0.4, -0.2) is 20.1 Å². The van der Waals surface area contributed by atoms with Gasteiger partial charge in [-0.2, -0.15) is 5.26 Å². The lowest BCUT2D eigenvalue weighted by atomic mass is 9.79. The Balaban J connectivity index is 1.96. The molecule has 0 fully saturated rings. The van der Waals surface area contributed by atoms with Gasteiger partial charge < -0.3 is 14.2 Å². The molecule has 0 bridgehead atoms. The van der Waals surface area contributed by atoms with Gasteiger partial charge in [0.2, 0.25) is 11.8 Å². The predicted octanol–water partition coefficient (Wildman–Crippen LogP) is 3.47. The zero-order chi connectivity index (χ0) is 19.1. The number of amides is 1. The lowest BCUT2D eigenvalue weighted by molar-refractivity contribution is -0.121. The molecule has 6 nitrogen and oxygen atoms in total. The second kappa shape index (κ2) is 6.63. The van der Waals surface area contributed by atoms with Gasteiger partial charge in [-0.1, -0.05) is 18.2 Å². The van der Waals surface area contributed by atoms with Crippen molar-refractivity contribution in [2.45, 2.75) is 5.92 Å². The van der Waals surface area contributed by atoms with E-state index in [4.69, 9.17) is 14.2 Å². The number of methoxy groups -OCH3 is 2. The summed E-state index contributed by atoms with van der Waals surface area (Å²) in [4.78, 5) is 12.3. The van der Waals surface area contributed by atoms with Gasteiger partial charge in [0.05, 0.1) is 24.8 Å². The Morgan fingerprint density at radius 1 is 1.22 bits per heavy atom. The summed E-state index contributed by atoms with van der Waals surface area (Å²) in [6, 6.07) is 13.4. The van der Waals surface area contributed by atoms with Crippen LogP contribution in [0.5, 0.6) is 17.2 Å². The van der Waals surface area contributed by atoms with Crippen molar-refractivity contribution in [3.8, 4) is 23.3 Å². The topological polar surface area (TPSA) is 80.6 Å². The highest BCUT2D eigenvalue weighted by molar-refractivity contribution is 9.10. The van der Waals surface area contributed by atoms with E-state index >= 15 is 0 Å². The van der Waals surface area contributed by atoms with Crippen LogP contribution >= 0.6 is 15.9 Å². The van der Waals surface area contributed by atoms with Gasteiger partial charge in [0.15, 0.2) is 17.4 Å². The van der Waals surface area contributed by atoms with Gasteiger partial charge in [0.1, 0.15) is 5.75 Å². The third-order valence-electron chi connectivity index (χ3n) is 4.74. The molecule has 7 heteroatoms. The van der Waals surface area contributed by atoms with Crippen molar-refractivity contribution in [1.29, 1.82) is 5.26 Å². The van der Waals surface area contributed by atoms with Crippen LogP contribution in [0.3, 0.4) is 0 Å². The summed E-state index contributed by atoms with van der Waals surface area (Å²) < 4.78 is 17.5. The molecule has 4 rings (SSSR count). The molecule has 2 aromatic rings. The quantitative estimate of drug-likeness (QED) is 0.812. The maximum Gasteiger partial charge on any atom is 0.248 e. The van der Waals surface area contributed by atoms with Crippen molar-refractivity contribution >= 4 is 21.8 Å². The van der Waals surface area contributed by atoms with Gasteiger partial charge in [0.25, 0.3) is 0 Å². The van der Waals surface area contributed by atoms with E-state index in [0.717, 1.165) is 15.6 Å². The SMILES string of the molecule is COc1cc(C2C3=C(NC(=O)C3C#N)Oc3ccccc32)cc(Br)c1OC. The number of hydrogen-bond donors (Lipinski definition) is 1. The number of ether oxygens (including phenoxy) is 3. The Hall–Kier alpha value is -2.98. The average Bonchev–Trinajstić information content (AvgIpc) is 2.99. The van der Waals surface area contributed by atoms with E-state index in [9.17, 15) is 10.1 Å². The van der Waals surface area contributed by atoms with E-state index < -0.39 is 5.92 Å². The first kappa shape index (κ1) is 17.4. The molecule has 0 saturated heterocycles. The Labute approximate surface area is 164 Å². The first-order valence-electron chi connectivity index (χ1n) is 8.21. The fourth-order valence-electron chi connectivity index (χ4n) is 3.59. The number of carbonyl (C=O) groups excluding carboxylic acids is 1. The van der Waals surface area contributed by atoms with Crippen LogP contribution in [0.1, 0.15) is 17.0 Å². The summed E-state index contributed by atoms with van der Waals surface area (Å²) in [7, 11) is 3.13. The van der Waals surface area contributed by atoms with E-state index in [2.05, 4.69) is 27.3 Å². The predicted molar refractivity (Wildman–Crippen MR) is 100 cm³/mol. The van der Waals surface area contributed by atoms with Crippen molar-refractivity contribution in [3.63, 3.8) is 0 Å². The number of fused-ring (bicyclic) bond motifs is 1. The van der Waals surface area contributed by atoms with Crippen LogP contribution in [0.2, 0.25) is 0 Å². The molecular formula is C20H15BrN2O4. The molecule has 0 radical (unpaired) electrons. The van der Waals surface area contributed by atoms with Crippen LogP contribution in [0.25, 0.3) is 0 Å². The van der Waals surface area contributed by atoms with E-state index in [1.807, 2.05) is 36.4 Å². The molecule has 0 aromatic heterocycles. The lowest BCUT2D eigenvalue weighted by Gasteiger charge is -2.28. The molecule has 2 aliphatic rings. The molecule has 0 spiro atoms. The van der Waals surface area contributed by atoms with Crippen molar-refractivity contribution in [1.82, 2.24) is 5.32 Å². The molecule has 2 atom stereocenters. The molecule has 2 aromatic carbocycles. The fraction of sp³-hybridized carbons (Fsp3) is 0.200. The van der Waals surface area contributed by atoms with Crippen molar-refractivity contribution in [2.75, 3.05) is 14.2 Å². The zero-order valence-electron chi connectivity index (χ0n) is 14.6. The summed E-state index contributed by atoms with van der Waals surface area (Å²) >= 11 is 3.52. The number of halogens is 1. The molecule has 27 heavy (non-hydrogen) atoms. The number of nitriles is 1. The molecular weight excluding hydrogens is 412 g/mol. The summed E-state index contributed by atoms with van der Waals surface area (Å²) in [5, 5.41) is 12.3. The van der Waals surface area contributed by atoms with Gasteiger partial charge in [-0.25, -0.2) is 0 Å². The molecule has 1 N–H and O–H groups in total. The highest BCUT2D eigenvalue weighted by atomic mass is 79.9. The van der Waals surface area contributed by atoms with Gasteiger partial charge in [0, 0.05) is 17.1 Å². The molecule has 2 heterocycles. The van der Waals surface area contributed by atoms with Crippen LogP contribution in [-0.2, 0) is 4.79 Å². The Bertz CT molecular complexity index is 1030. The monoisotopic (exact) mass is 426 g/mol. The average molecular weight is 427 g/mol. The molecule has 2 aliphatic heterocycles. The number of hydrogen-bond acceptors (Lipinski definition) is 5. The van der Waals surface area contributed by atoms with E-state index in [-0.39, 0.29) is 11.8 Å². The number of benzene rings is 2. The van der Waals surface area contributed by atoms with Gasteiger partial charge in [-0.05, 0) is 39.7 Å². The summed E-state index contributed by atoms with van der Waals surface area (Å²) in [5.41, 5.74) is 2.35. The van der Waals surface area contributed by atoms with Crippen molar-refractivity contribution in [2.24, 2.45) is 5.92 Å². The normalized spacial score (nSPS) is 20.1. The van der Waals surface area contributed by atoms with E-state index in [1.165, 1.54) is 0 Å². The van der Waals surface area contributed by atoms with Crippen molar-refractivity contribution < 1.29 is 19.0 Å². The highest BCUT2D eigenvalue weighted by Crippen LogP contribution is 2.49. The zero-order valence-corrected chi connectivity index (χ0v) is 16.2. The molecule has 0 aliphatic carbocycles. The van der Waals surface area contributed by atoms with Crippen LogP contribution in [0, 0.1) is 17.2 Å². The fourth-order valence-corrected chi connectivity index (χ4v) is 4.21. The smallest absolute Gasteiger partial charge is 0.248 e. The molecule has 0 saturated carbocycles. The van der Waals surface area contributed by atoms with Gasteiger partial charge in [-0.15, -0.1) is 0 Å². The summed E-state index contributed by atoms with van der Waals surface area (Å²) in [5.74, 6) is 0.494. The van der Waals surface area contributed by atoms with E-state index in [0.29, 0.717) is 28.7 Å². The number of carbonyl (C=O) groups is 1. The van der Waals surface area contributed by atoms with Crippen molar-refractivity contribution in [3.05, 3.63) is 63.5 Å². The Morgan fingerprint density at radius 3 is 2.70 bits per heavy atom. The number of nitrogens with one attached hydrogen (secondary N) is 1. The van der Waals surface area contributed by atoms with Gasteiger partial charge in [-0.3, -0.25) is 10.1 Å². The second-order valence-electron chi connectivity index (χ2n) is 6.15. The maximum absolute atomic E-state index is 12.3. The third kappa shape index (κ3) is 2.64. The minimum atomic E-state index is -0.912. The number of rotatable bonds is 3. The standard InChI is InChI=1S/C20H15BrN2O4/c1-25-15-8-10(7-13(21)18(15)26-2)16-11-5-3-4-6-14(11)27-20-17(16)12(9-22)19(24)23-20/h3-8,12,16H,1-2H3,(H,23,24). The maximum atomic E-state index is 12.3. The third-order valence-corrected chi connectivity index (χ3v) is 5.33. The van der Waals surface area contributed by atoms with E-state index in [1.54, 1.807) is 14.2 Å². The Kier molecular flexibility index (Phi) is 4.28.